The lowest BCUT2D eigenvalue weighted by Crippen LogP contribution is -2.08. The largest absolute Gasteiger partial charge is 0.489 e. The summed E-state index contributed by atoms with van der Waals surface area (Å²) in [5, 5.41) is 8.91. The molecule has 8 heteroatoms. The van der Waals surface area contributed by atoms with Crippen molar-refractivity contribution in [3.05, 3.63) is 108 Å². The molecular weight excluding hydrogens is 450 g/mol. The van der Waals surface area contributed by atoms with Crippen LogP contribution in [0.1, 0.15) is 21.6 Å². The molecule has 0 fully saturated rings. The van der Waals surface area contributed by atoms with Gasteiger partial charge in [0, 0.05) is 17.3 Å². The maximum absolute atomic E-state index is 14.6. The summed E-state index contributed by atoms with van der Waals surface area (Å²) in [6, 6.07) is 18.9. The Kier molecular flexibility index (Phi) is 6.32. The predicted molar refractivity (Wildman–Crippen MR) is 118 cm³/mol. The van der Waals surface area contributed by atoms with E-state index in [-0.39, 0.29) is 29.2 Å². The van der Waals surface area contributed by atoms with Crippen LogP contribution in [0.5, 0.6) is 5.75 Å². The molecule has 0 atom stereocenters. The number of alkyl halides is 3. The number of aromatic nitrogens is 1. The highest BCUT2D eigenvalue weighted by atomic mass is 19.4. The molecule has 0 radical (unpaired) electrons. The van der Waals surface area contributed by atoms with Crippen molar-refractivity contribution >= 4 is 5.97 Å². The molecule has 4 nitrogen and oxygen atoms in total. The number of aromatic carboxylic acids is 1. The standard InChI is InChI=1S/C26H17F4NO3/c27-23-12-16(6-9-21(23)18-7-11-24(25(32)33)31-14-18)15-34-19-8-10-20(17-4-2-1-3-5-17)22(13-19)26(28,29)30/h1-14H,15H2,(H,32,33). The van der Waals surface area contributed by atoms with Crippen LogP contribution in [0.15, 0.2) is 85.1 Å². The Labute approximate surface area is 192 Å². The van der Waals surface area contributed by atoms with Gasteiger partial charge in [0.2, 0.25) is 0 Å². The van der Waals surface area contributed by atoms with Crippen LogP contribution < -0.4 is 4.74 Å². The van der Waals surface area contributed by atoms with Crippen LogP contribution in [-0.2, 0) is 12.8 Å². The van der Waals surface area contributed by atoms with Gasteiger partial charge in [-0.2, -0.15) is 13.2 Å². The fourth-order valence-electron chi connectivity index (χ4n) is 3.45. The number of pyridine rings is 1. The molecule has 4 rings (SSSR count). The molecule has 0 saturated carbocycles. The quantitative estimate of drug-likeness (QED) is 0.315. The van der Waals surface area contributed by atoms with Gasteiger partial charge in [-0.25, -0.2) is 14.2 Å². The molecule has 0 aliphatic rings. The van der Waals surface area contributed by atoms with Crippen LogP contribution in [0.2, 0.25) is 0 Å². The summed E-state index contributed by atoms with van der Waals surface area (Å²) in [7, 11) is 0. The third-order valence-electron chi connectivity index (χ3n) is 5.11. The van der Waals surface area contributed by atoms with E-state index in [2.05, 4.69) is 4.98 Å². The first-order valence-corrected chi connectivity index (χ1v) is 10.1. The van der Waals surface area contributed by atoms with Crippen molar-refractivity contribution in [1.29, 1.82) is 0 Å². The molecule has 0 unspecified atom stereocenters. The summed E-state index contributed by atoms with van der Waals surface area (Å²) >= 11 is 0. The number of carboxylic acids is 1. The molecule has 4 aromatic rings. The average molecular weight is 467 g/mol. The van der Waals surface area contributed by atoms with E-state index in [1.54, 1.807) is 36.4 Å². The number of ether oxygens (including phenoxy) is 1. The first-order chi connectivity index (χ1) is 16.2. The van der Waals surface area contributed by atoms with E-state index in [4.69, 9.17) is 9.84 Å². The smallest absolute Gasteiger partial charge is 0.417 e. The number of benzene rings is 3. The summed E-state index contributed by atoms with van der Waals surface area (Å²) in [5.74, 6) is -1.78. The fourth-order valence-corrected chi connectivity index (χ4v) is 3.45. The van der Waals surface area contributed by atoms with Crippen molar-refractivity contribution in [3.63, 3.8) is 0 Å². The monoisotopic (exact) mass is 467 g/mol. The molecule has 1 aromatic heterocycles. The minimum absolute atomic E-state index is 0.00458. The van der Waals surface area contributed by atoms with Crippen LogP contribution in [0, 0.1) is 5.82 Å². The molecule has 0 aliphatic heterocycles. The Morgan fingerprint density at radius 3 is 2.24 bits per heavy atom. The highest BCUT2D eigenvalue weighted by Crippen LogP contribution is 2.39. The Morgan fingerprint density at radius 2 is 1.62 bits per heavy atom. The Hall–Kier alpha value is -4.20. The molecule has 1 heterocycles. The topological polar surface area (TPSA) is 59.4 Å². The number of halogens is 4. The third kappa shape index (κ3) is 5.06. The van der Waals surface area contributed by atoms with E-state index in [0.717, 1.165) is 6.07 Å². The second-order valence-corrected chi connectivity index (χ2v) is 7.41. The molecule has 0 spiro atoms. The maximum atomic E-state index is 14.6. The molecular formula is C26H17F4NO3. The van der Waals surface area contributed by atoms with Crippen LogP contribution >= 0.6 is 0 Å². The van der Waals surface area contributed by atoms with Crippen molar-refractivity contribution in [2.45, 2.75) is 12.8 Å². The first-order valence-electron chi connectivity index (χ1n) is 10.1. The summed E-state index contributed by atoms with van der Waals surface area (Å²) in [6.45, 7) is -0.143. The second kappa shape index (κ2) is 9.35. The van der Waals surface area contributed by atoms with Crippen molar-refractivity contribution in [3.8, 4) is 28.0 Å². The third-order valence-corrected chi connectivity index (χ3v) is 5.11. The van der Waals surface area contributed by atoms with E-state index in [1.165, 1.54) is 42.6 Å². The number of carboxylic acid groups (broad SMARTS) is 1. The normalized spacial score (nSPS) is 11.3. The SMILES string of the molecule is O=C(O)c1ccc(-c2ccc(COc3ccc(-c4ccccc4)c(C(F)(F)F)c3)cc2F)cn1. The minimum atomic E-state index is -4.58. The summed E-state index contributed by atoms with van der Waals surface area (Å²) in [6.07, 6.45) is -3.33. The molecule has 3 aromatic carbocycles. The van der Waals surface area contributed by atoms with Crippen LogP contribution in [0.25, 0.3) is 22.3 Å². The fraction of sp³-hybridized carbons (Fsp3) is 0.0769. The van der Waals surface area contributed by atoms with Gasteiger partial charge in [0.05, 0.1) is 5.56 Å². The lowest BCUT2D eigenvalue weighted by Gasteiger charge is -2.15. The van der Waals surface area contributed by atoms with Crippen LogP contribution in [0.4, 0.5) is 17.6 Å². The highest BCUT2D eigenvalue weighted by Gasteiger charge is 2.34. The predicted octanol–water partition coefficient (Wildman–Crippen LogP) is 6.85. The Morgan fingerprint density at radius 1 is 0.882 bits per heavy atom. The Balaban J connectivity index is 1.53. The molecule has 0 saturated heterocycles. The second-order valence-electron chi connectivity index (χ2n) is 7.41. The van der Waals surface area contributed by atoms with Gasteiger partial charge in [-0.3, -0.25) is 0 Å². The van der Waals surface area contributed by atoms with E-state index in [1.807, 2.05) is 0 Å². The zero-order valence-electron chi connectivity index (χ0n) is 17.5. The van der Waals surface area contributed by atoms with Gasteiger partial charge in [-0.1, -0.05) is 54.6 Å². The zero-order chi connectivity index (χ0) is 24.3. The van der Waals surface area contributed by atoms with Gasteiger partial charge in [0.15, 0.2) is 0 Å². The van der Waals surface area contributed by atoms with Crippen molar-refractivity contribution < 1.29 is 32.2 Å². The van der Waals surface area contributed by atoms with Gasteiger partial charge >= 0.3 is 12.1 Å². The molecule has 172 valence electrons. The number of carbonyl (C=O) groups is 1. The van der Waals surface area contributed by atoms with E-state index >= 15 is 0 Å². The van der Waals surface area contributed by atoms with Gasteiger partial charge < -0.3 is 9.84 Å². The van der Waals surface area contributed by atoms with Crippen molar-refractivity contribution in [1.82, 2.24) is 4.98 Å². The summed E-state index contributed by atoms with van der Waals surface area (Å²) in [4.78, 5) is 14.7. The van der Waals surface area contributed by atoms with Gasteiger partial charge in [0.25, 0.3) is 0 Å². The van der Waals surface area contributed by atoms with Crippen molar-refractivity contribution in [2.24, 2.45) is 0 Å². The van der Waals surface area contributed by atoms with Gasteiger partial charge in [-0.05, 0) is 41.0 Å². The van der Waals surface area contributed by atoms with E-state index < -0.39 is 23.5 Å². The Bertz CT molecular complexity index is 1320. The molecule has 34 heavy (non-hydrogen) atoms. The zero-order valence-corrected chi connectivity index (χ0v) is 17.5. The highest BCUT2D eigenvalue weighted by molar-refractivity contribution is 5.85. The number of hydrogen-bond acceptors (Lipinski definition) is 3. The molecule has 0 bridgehead atoms. The summed E-state index contributed by atoms with van der Waals surface area (Å²) in [5.41, 5.74) is 0.502. The van der Waals surface area contributed by atoms with Gasteiger partial charge in [-0.15, -0.1) is 0 Å². The molecule has 0 aliphatic carbocycles. The molecule has 1 N–H and O–H groups in total. The van der Waals surface area contributed by atoms with Crippen molar-refractivity contribution in [2.75, 3.05) is 0 Å². The summed E-state index contributed by atoms with van der Waals surface area (Å²) < 4.78 is 61.1. The van der Waals surface area contributed by atoms with Crippen LogP contribution in [-0.4, -0.2) is 16.1 Å². The lowest BCUT2D eigenvalue weighted by molar-refractivity contribution is -0.137. The van der Waals surface area contributed by atoms with Crippen LogP contribution in [0.3, 0.4) is 0 Å². The first kappa shape index (κ1) is 23.0. The number of nitrogens with zero attached hydrogens (tertiary/aromatic N) is 1. The van der Waals surface area contributed by atoms with Gasteiger partial charge in [0.1, 0.15) is 23.9 Å². The van der Waals surface area contributed by atoms with E-state index in [9.17, 15) is 22.4 Å². The van der Waals surface area contributed by atoms with E-state index in [0.29, 0.717) is 16.7 Å². The average Bonchev–Trinajstić information content (AvgIpc) is 2.83. The molecule has 0 amide bonds. The minimum Gasteiger partial charge on any atom is -0.489 e. The number of hydrogen-bond donors (Lipinski definition) is 1. The number of rotatable bonds is 6. The lowest BCUT2D eigenvalue weighted by atomic mass is 9.99. The maximum Gasteiger partial charge on any atom is 0.417 e.